The first-order valence-corrected chi connectivity index (χ1v) is 15.0. The fourth-order valence-electron chi connectivity index (χ4n) is 4.20. The number of rotatable bonds is 16. The molecule has 0 fully saturated rings. The van der Waals surface area contributed by atoms with Crippen molar-refractivity contribution in [2.75, 3.05) is 18.4 Å². The molecule has 8 N–H and O–H groups in total. The number of alkyl carbamates (subject to hydrolysis) is 2. The Balaban J connectivity index is 1.99. The van der Waals surface area contributed by atoms with Gasteiger partial charge < -0.3 is 46.9 Å². The molecule has 2 aromatic carbocycles. The molecule has 13 nitrogen and oxygen atoms in total. The lowest BCUT2D eigenvalue weighted by molar-refractivity contribution is -0.125. The fraction of sp³-hybridized carbons (Fsp3) is 0.500. The zero-order valence-electron chi connectivity index (χ0n) is 26.7. The first-order chi connectivity index (χ1) is 21.2. The molecule has 0 radical (unpaired) electrons. The SMILES string of the molecule is CC(C)[C@@H](NC(=O)OCc1ccccc1)C(=O)NC(CCCNC(N)=O)C(O)Nc1ccc(CCNC(=O)OC(C)(C)C)cc1. The van der Waals surface area contributed by atoms with Gasteiger partial charge in [-0.2, -0.15) is 0 Å². The van der Waals surface area contributed by atoms with Crippen LogP contribution in [0, 0.1) is 5.92 Å². The molecular weight excluding hydrogens is 580 g/mol. The van der Waals surface area contributed by atoms with Crippen molar-refractivity contribution in [2.24, 2.45) is 11.7 Å². The minimum Gasteiger partial charge on any atom is -0.445 e. The standard InChI is InChI=1S/C32H48N6O7/c1-21(2)26(38-31(43)44-20-23-10-7-6-8-11-23)28(40)37-25(12-9-18-34-29(33)41)27(39)36-24-15-13-22(14-16-24)17-19-35-30(42)45-32(3,4)5/h6-8,10-11,13-16,21,25-27,36,39H,9,12,17-20H2,1-5H3,(H,35,42)(H,37,40)(H,38,43)(H3,33,34,41)/t25?,26-,27?/m1/s1. The van der Waals surface area contributed by atoms with Crippen molar-refractivity contribution in [3.63, 3.8) is 0 Å². The lowest BCUT2D eigenvalue weighted by Crippen LogP contribution is -2.55. The number of anilines is 1. The van der Waals surface area contributed by atoms with Gasteiger partial charge in [-0.25, -0.2) is 14.4 Å². The molecule has 2 rings (SSSR count). The molecule has 0 saturated carbocycles. The summed E-state index contributed by atoms with van der Waals surface area (Å²) in [5, 5.41) is 24.8. The van der Waals surface area contributed by atoms with Gasteiger partial charge in [-0.05, 0) is 69.2 Å². The Hall–Kier alpha value is -4.52. The second kappa shape index (κ2) is 18.3. The van der Waals surface area contributed by atoms with Gasteiger partial charge in [0.2, 0.25) is 5.91 Å². The Kier molecular flexibility index (Phi) is 14.9. The Morgan fingerprint density at radius 3 is 2.13 bits per heavy atom. The Morgan fingerprint density at radius 2 is 1.53 bits per heavy atom. The van der Waals surface area contributed by atoms with Crippen LogP contribution in [-0.2, 0) is 27.3 Å². The molecule has 0 aromatic heterocycles. The van der Waals surface area contributed by atoms with E-state index in [2.05, 4.69) is 26.6 Å². The second-order valence-corrected chi connectivity index (χ2v) is 11.9. The van der Waals surface area contributed by atoms with Crippen LogP contribution in [0.2, 0.25) is 0 Å². The van der Waals surface area contributed by atoms with Crippen LogP contribution in [0.3, 0.4) is 0 Å². The highest BCUT2D eigenvalue weighted by Gasteiger charge is 2.29. The molecule has 0 heterocycles. The van der Waals surface area contributed by atoms with Gasteiger partial charge in [0, 0.05) is 18.8 Å². The molecule has 0 bridgehead atoms. The summed E-state index contributed by atoms with van der Waals surface area (Å²) in [7, 11) is 0. The third-order valence-corrected chi connectivity index (χ3v) is 6.49. The third-order valence-electron chi connectivity index (χ3n) is 6.49. The number of hydrogen-bond acceptors (Lipinski definition) is 8. The number of nitrogens with two attached hydrogens (primary N) is 1. The maximum Gasteiger partial charge on any atom is 0.408 e. The molecule has 0 aliphatic heterocycles. The van der Waals surface area contributed by atoms with Crippen molar-refractivity contribution in [1.82, 2.24) is 21.3 Å². The number of ether oxygens (including phenoxy) is 2. The number of nitrogens with one attached hydrogen (secondary N) is 5. The van der Waals surface area contributed by atoms with Crippen LogP contribution in [-0.4, -0.2) is 66.2 Å². The van der Waals surface area contributed by atoms with Crippen molar-refractivity contribution in [2.45, 2.75) is 84.4 Å². The molecule has 0 spiro atoms. The number of carbonyl (C=O) groups is 4. The normalized spacial score (nSPS) is 13.1. The number of carbonyl (C=O) groups excluding carboxylic acids is 4. The van der Waals surface area contributed by atoms with Crippen molar-refractivity contribution < 1.29 is 33.8 Å². The van der Waals surface area contributed by atoms with Crippen LogP contribution in [0.1, 0.15) is 58.6 Å². The zero-order valence-corrected chi connectivity index (χ0v) is 26.7. The highest BCUT2D eigenvalue weighted by atomic mass is 16.6. The summed E-state index contributed by atoms with van der Waals surface area (Å²) in [6, 6.07) is 14.1. The largest absolute Gasteiger partial charge is 0.445 e. The van der Waals surface area contributed by atoms with Crippen molar-refractivity contribution in [3.05, 3.63) is 65.7 Å². The van der Waals surface area contributed by atoms with Crippen LogP contribution >= 0.6 is 0 Å². The highest BCUT2D eigenvalue weighted by molar-refractivity contribution is 5.86. The van der Waals surface area contributed by atoms with Gasteiger partial charge in [0.25, 0.3) is 0 Å². The molecule has 0 aliphatic rings. The number of primary amides is 1. The minimum atomic E-state index is -1.21. The Morgan fingerprint density at radius 1 is 0.867 bits per heavy atom. The van der Waals surface area contributed by atoms with Gasteiger partial charge in [-0.3, -0.25) is 4.79 Å². The molecule has 5 amide bonds. The van der Waals surface area contributed by atoms with Crippen molar-refractivity contribution in [1.29, 1.82) is 0 Å². The van der Waals surface area contributed by atoms with Gasteiger partial charge in [-0.15, -0.1) is 0 Å². The molecular formula is C32H48N6O7. The van der Waals surface area contributed by atoms with E-state index in [1.54, 1.807) is 46.8 Å². The van der Waals surface area contributed by atoms with Crippen LogP contribution in [0.4, 0.5) is 20.1 Å². The van der Waals surface area contributed by atoms with Crippen LogP contribution in [0.25, 0.3) is 0 Å². The lowest BCUT2D eigenvalue weighted by Gasteiger charge is -2.29. The van der Waals surface area contributed by atoms with E-state index in [1.807, 2.05) is 42.5 Å². The maximum absolute atomic E-state index is 13.3. The Bertz CT molecular complexity index is 1220. The van der Waals surface area contributed by atoms with Gasteiger partial charge in [0.15, 0.2) is 0 Å². The second-order valence-electron chi connectivity index (χ2n) is 11.9. The van der Waals surface area contributed by atoms with E-state index < -0.39 is 48.0 Å². The van der Waals surface area contributed by atoms with Crippen LogP contribution in [0.5, 0.6) is 0 Å². The van der Waals surface area contributed by atoms with E-state index >= 15 is 0 Å². The average molecular weight is 629 g/mol. The monoisotopic (exact) mass is 628 g/mol. The minimum absolute atomic E-state index is 0.0519. The molecule has 3 atom stereocenters. The number of benzene rings is 2. The van der Waals surface area contributed by atoms with Gasteiger partial charge in [-0.1, -0.05) is 56.3 Å². The van der Waals surface area contributed by atoms with Gasteiger partial charge in [0.1, 0.15) is 24.5 Å². The summed E-state index contributed by atoms with van der Waals surface area (Å²) in [6.45, 7) is 9.65. The smallest absolute Gasteiger partial charge is 0.408 e. The first-order valence-electron chi connectivity index (χ1n) is 15.0. The van der Waals surface area contributed by atoms with Gasteiger partial charge >= 0.3 is 18.2 Å². The number of aliphatic hydroxyl groups excluding tert-OH is 1. The number of urea groups is 1. The molecule has 2 unspecified atom stereocenters. The maximum atomic E-state index is 13.3. The number of hydrogen-bond donors (Lipinski definition) is 7. The molecule has 248 valence electrons. The average Bonchev–Trinajstić information content (AvgIpc) is 2.96. The summed E-state index contributed by atoms with van der Waals surface area (Å²) in [4.78, 5) is 48.8. The van der Waals surface area contributed by atoms with Crippen molar-refractivity contribution >= 4 is 29.8 Å². The summed E-state index contributed by atoms with van der Waals surface area (Å²) in [6.07, 6.45) is -1.16. The molecule has 45 heavy (non-hydrogen) atoms. The predicted molar refractivity (Wildman–Crippen MR) is 171 cm³/mol. The first kappa shape index (κ1) is 36.7. The number of aliphatic hydroxyl groups is 1. The van der Waals surface area contributed by atoms with E-state index in [0.29, 0.717) is 25.1 Å². The summed E-state index contributed by atoms with van der Waals surface area (Å²) >= 11 is 0. The fourth-order valence-corrected chi connectivity index (χ4v) is 4.20. The predicted octanol–water partition coefficient (Wildman–Crippen LogP) is 3.37. The highest BCUT2D eigenvalue weighted by Crippen LogP contribution is 2.15. The molecule has 0 saturated heterocycles. The van der Waals surface area contributed by atoms with Crippen LogP contribution in [0.15, 0.2) is 54.6 Å². The summed E-state index contributed by atoms with van der Waals surface area (Å²) in [5.74, 6) is -0.780. The van der Waals surface area contributed by atoms with E-state index in [4.69, 9.17) is 15.2 Å². The van der Waals surface area contributed by atoms with E-state index in [1.165, 1.54) is 0 Å². The number of amides is 5. The van der Waals surface area contributed by atoms with Gasteiger partial charge in [0.05, 0.1) is 6.04 Å². The molecule has 13 heteroatoms. The third kappa shape index (κ3) is 15.2. The topological polar surface area (TPSA) is 193 Å². The lowest BCUT2D eigenvalue weighted by atomic mass is 10.0. The zero-order chi connectivity index (χ0) is 33.4. The molecule has 2 aromatic rings. The summed E-state index contributed by atoms with van der Waals surface area (Å²) < 4.78 is 10.5. The van der Waals surface area contributed by atoms with E-state index in [9.17, 15) is 24.3 Å². The van der Waals surface area contributed by atoms with E-state index in [-0.39, 0.29) is 25.5 Å². The Labute approximate surface area is 265 Å². The van der Waals surface area contributed by atoms with E-state index in [0.717, 1.165) is 11.1 Å². The van der Waals surface area contributed by atoms with Crippen molar-refractivity contribution in [3.8, 4) is 0 Å². The molecule has 0 aliphatic carbocycles. The quantitative estimate of drug-likeness (QED) is 0.109. The van der Waals surface area contributed by atoms with Crippen LogP contribution < -0.4 is 32.3 Å². The summed E-state index contributed by atoms with van der Waals surface area (Å²) in [5.41, 5.74) is 6.94.